The number of benzene rings is 1. The number of hydrogen-bond acceptors (Lipinski definition) is 7. The fraction of sp³-hybridized carbons (Fsp3) is 0.476. The maximum Gasteiger partial charge on any atom is 0.416 e. The van der Waals surface area contributed by atoms with E-state index in [9.17, 15) is 19.5 Å². The first-order valence-electron chi connectivity index (χ1n) is 9.49. The average molecular weight is 403 g/mol. The number of carbonyl (C=O) groups excluding carboxylic acids is 3. The molecule has 1 unspecified atom stereocenters. The van der Waals surface area contributed by atoms with E-state index in [2.05, 4.69) is 0 Å². The van der Waals surface area contributed by atoms with Crippen LogP contribution in [0.15, 0.2) is 11.6 Å². The molecule has 3 rings (SSSR count). The van der Waals surface area contributed by atoms with Crippen molar-refractivity contribution in [1.82, 2.24) is 4.90 Å². The summed E-state index contributed by atoms with van der Waals surface area (Å²) in [6.07, 6.45) is 2.26. The van der Waals surface area contributed by atoms with Crippen LogP contribution in [0.3, 0.4) is 0 Å². The average Bonchev–Trinajstić information content (AvgIpc) is 3.23. The molecule has 1 aromatic rings. The number of phenols is 1. The number of esters is 1. The minimum absolute atomic E-state index is 0.124. The Bertz CT molecular complexity index is 903. The quantitative estimate of drug-likeness (QED) is 0.575. The number of phenolic OH excluding ortho intramolecular Hbond substituents is 1. The van der Waals surface area contributed by atoms with Crippen LogP contribution in [0.1, 0.15) is 53.7 Å². The number of ether oxygens (including phenoxy) is 3. The zero-order chi connectivity index (χ0) is 21.3. The summed E-state index contributed by atoms with van der Waals surface area (Å²) < 4.78 is 15.4. The summed E-state index contributed by atoms with van der Waals surface area (Å²) in [5.41, 5.74) is 3.03. The SMILES string of the molecule is COc1c(C)c2c(c(O)c1C/C=C(\C)CCC(=O)N1C(=O)OCC1C)C(=O)OC2. The summed E-state index contributed by atoms with van der Waals surface area (Å²) in [7, 11) is 1.51. The first-order valence-corrected chi connectivity index (χ1v) is 9.49. The van der Waals surface area contributed by atoms with Gasteiger partial charge in [-0.15, -0.1) is 0 Å². The Kier molecular flexibility index (Phi) is 5.81. The summed E-state index contributed by atoms with van der Waals surface area (Å²) in [6, 6.07) is -0.255. The first kappa shape index (κ1) is 20.7. The number of amides is 2. The zero-order valence-electron chi connectivity index (χ0n) is 17.0. The number of hydrogen-bond donors (Lipinski definition) is 1. The molecule has 1 atom stereocenters. The van der Waals surface area contributed by atoms with Crippen molar-refractivity contribution in [3.05, 3.63) is 33.9 Å². The fourth-order valence-corrected chi connectivity index (χ4v) is 3.69. The smallest absolute Gasteiger partial charge is 0.416 e. The maximum atomic E-state index is 12.3. The van der Waals surface area contributed by atoms with Crippen molar-refractivity contribution in [3.63, 3.8) is 0 Å². The molecule has 0 aromatic heterocycles. The highest BCUT2D eigenvalue weighted by Crippen LogP contribution is 2.42. The van der Waals surface area contributed by atoms with Gasteiger partial charge in [0.1, 0.15) is 30.3 Å². The van der Waals surface area contributed by atoms with E-state index in [4.69, 9.17) is 14.2 Å². The lowest BCUT2D eigenvalue weighted by Gasteiger charge is -2.16. The molecule has 2 amide bonds. The molecule has 2 heterocycles. The van der Waals surface area contributed by atoms with Crippen LogP contribution in [0.5, 0.6) is 11.5 Å². The molecular formula is C21H25NO7. The third-order valence-electron chi connectivity index (χ3n) is 5.39. The van der Waals surface area contributed by atoms with Crippen molar-refractivity contribution in [1.29, 1.82) is 0 Å². The normalized spacial score (nSPS) is 18.6. The Hall–Kier alpha value is -3.03. The topological polar surface area (TPSA) is 102 Å². The maximum absolute atomic E-state index is 12.3. The lowest BCUT2D eigenvalue weighted by atomic mass is 9.94. The Morgan fingerprint density at radius 1 is 1.31 bits per heavy atom. The highest BCUT2D eigenvalue weighted by Gasteiger charge is 2.34. The van der Waals surface area contributed by atoms with Gasteiger partial charge in [0.25, 0.3) is 0 Å². The van der Waals surface area contributed by atoms with Crippen molar-refractivity contribution in [3.8, 4) is 11.5 Å². The van der Waals surface area contributed by atoms with Crippen LogP contribution < -0.4 is 4.74 Å². The van der Waals surface area contributed by atoms with Gasteiger partial charge in [-0.1, -0.05) is 11.6 Å². The highest BCUT2D eigenvalue weighted by atomic mass is 16.6. The van der Waals surface area contributed by atoms with Crippen molar-refractivity contribution >= 4 is 18.0 Å². The van der Waals surface area contributed by atoms with E-state index in [1.807, 2.05) is 19.9 Å². The number of carbonyl (C=O) groups is 3. The molecule has 0 radical (unpaired) electrons. The second-order valence-electron chi connectivity index (χ2n) is 7.36. The third-order valence-corrected chi connectivity index (χ3v) is 5.39. The highest BCUT2D eigenvalue weighted by molar-refractivity contribution is 5.98. The molecule has 2 aliphatic heterocycles. The first-order chi connectivity index (χ1) is 13.8. The van der Waals surface area contributed by atoms with Gasteiger partial charge in [-0.3, -0.25) is 4.79 Å². The number of imide groups is 1. The monoisotopic (exact) mass is 403 g/mol. The van der Waals surface area contributed by atoms with E-state index in [-0.39, 0.29) is 42.9 Å². The molecule has 0 bridgehead atoms. The molecule has 0 aliphatic carbocycles. The molecule has 8 heteroatoms. The Labute approximate surface area is 169 Å². The van der Waals surface area contributed by atoms with E-state index in [0.717, 1.165) is 16.0 Å². The predicted octanol–water partition coefficient (Wildman–Crippen LogP) is 3.02. The van der Waals surface area contributed by atoms with Gasteiger partial charge in [-0.05, 0) is 39.2 Å². The standard InChI is InChI=1S/C21H25NO7/c1-11(6-8-16(23)22-12(2)9-29-21(22)26)5-7-14-18(24)17-15(10-28-20(17)25)13(3)19(14)27-4/h5,12,24H,6-10H2,1-4H3/b11-5+. The zero-order valence-corrected chi connectivity index (χ0v) is 17.0. The molecule has 8 nitrogen and oxygen atoms in total. The van der Waals surface area contributed by atoms with Gasteiger partial charge in [-0.25, -0.2) is 14.5 Å². The van der Waals surface area contributed by atoms with Crippen LogP contribution in [0.2, 0.25) is 0 Å². The molecular weight excluding hydrogens is 378 g/mol. The van der Waals surface area contributed by atoms with Gasteiger partial charge in [0, 0.05) is 17.5 Å². The van der Waals surface area contributed by atoms with Crippen molar-refractivity contribution < 1.29 is 33.7 Å². The Balaban J connectivity index is 1.73. The fourth-order valence-electron chi connectivity index (χ4n) is 3.69. The van der Waals surface area contributed by atoms with E-state index >= 15 is 0 Å². The van der Waals surface area contributed by atoms with Crippen LogP contribution in [-0.4, -0.2) is 47.7 Å². The van der Waals surface area contributed by atoms with E-state index in [0.29, 0.717) is 29.7 Å². The number of rotatable bonds is 6. The van der Waals surface area contributed by atoms with Crippen molar-refractivity contribution in [2.75, 3.05) is 13.7 Å². The molecule has 1 fully saturated rings. The second-order valence-corrected chi connectivity index (χ2v) is 7.36. The van der Waals surface area contributed by atoms with Crippen molar-refractivity contribution in [2.24, 2.45) is 0 Å². The molecule has 29 heavy (non-hydrogen) atoms. The molecule has 0 saturated carbocycles. The number of allylic oxidation sites excluding steroid dienone is 2. The second kappa shape index (κ2) is 8.14. The number of cyclic esters (lactones) is 2. The van der Waals surface area contributed by atoms with Crippen molar-refractivity contribution in [2.45, 2.75) is 52.7 Å². The summed E-state index contributed by atoms with van der Waals surface area (Å²) in [6.45, 7) is 5.81. The Morgan fingerprint density at radius 3 is 2.66 bits per heavy atom. The van der Waals surface area contributed by atoms with Gasteiger partial charge in [0.05, 0.1) is 13.2 Å². The predicted molar refractivity (Wildman–Crippen MR) is 103 cm³/mol. The minimum Gasteiger partial charge on any atom is -0.507 e. The summed E-state index contributed by atoms with van der Waals surface area (Å²) in [5.74, 6) is -0.418. The molecule has 1 saturated heterocycles. The van der Waals surface area contributed by atoms with Gasteiger partial charge in [0.2, 0.25) is 5.91 Å². The molecule has 1 aromatic carbocycles. The Morgan fingerprint density at radius 2 is 2.03 bits per heavy atom. The molecule has 156 valence electrons. The van der Waals surface area contributed by atoms with E-state index in [1.54, 1.807) is 6.92 Å². The molecule has 0 spiro atoms. The van der Waals surface area contributed by atoms with Gasteiger partial charge >= 0.3 is 12.1 Å². The number of aromatic hydroxyl groups is 1. The van der Waals surface area contributed by atoms with Crippen LogP contribution in [-0.2, 0) is 27.3 Å². The lowest BCUT2D eigenvalue weighted by Crippen LogP contribution is -2.37. The lowest BCUT2D eigenvalue weighted by molar-refractivity contribution is -0.128. The van der Waals surface area contributed by atoms with Crippen LogP contribution in [0.4, 0.5) is 4.79 Å². The number of fused-ring (bicyclic) bond motifs is 1. The van der Waals surface area contributed by atoms with E-state index in [1.165, 1.54) is 7.11 Å². The molecule has 1 N–H and O–H groups in total. The van der Waals surface area contributed by atoms with Crippen LogP contribution >= 0.6 is 0 Å². The van der Waals surface area contributed by atoms with E-state index < -0.39 is 12.1 Å². The van der Waals surface area contributed by atoms with Gasteiger partial charge < -0.3 is 19.3 Å². The largest absolute Gasteiger partial charge is 0.507 e. The van der Waals surface area contributed by atoms with Crippen LogP contribution in [0, 0.1) is 6.92 Å². The summed E-state index contributed by atoms with van der Waals surface area (Å²) >= 11 is 0. The van der Waals surface area contributed by atoms with Crippen LogP contribution in [0.25, 0.3) is 0 Å². The number of methoxy groups -OCH3 is 1. The summed E-state index contributed by atoms with van der Waals surface area (Å²) in [5, 5.41) is 10.6. The summed E-state index contributed by atoms with van der Waals surface area (Å²) in [4.78, 5) is 37.0. The molecule has 2 aliphatic rings. The third kappa shape index (κ3) is 3.79. The minimum atomic E-state index is -0.598. The van der Waals surface area contributed by atoms with Gasteiger partial charge in [0.15, 0.2) is 0 Å². The van der Waals surface area contributed by atoms with Gasteiger partial charge in [-0.2, -0.15) is 0 Å². The number of nitrogens with zero attached hydrogens (tertiary/aromatic N) is 1.